The lowest BCUT2D eigenvalue weighted by Crippen LogP contribution is -2.28. The largest absolute Gasteiger partial charge is 0.508 e. The minimum absolute atomic E-state index is 0.120. The second kappa shape index (κ2) is 9.65. The van der Waals surface area contributed by atoms with Crippen molar-refractivity contribution in [1.82, 2.24) is 5.06 Å². The Morgan fingerprint density at radius 1 is 0.900 bits per heavy atom. The van der Waals surface area contributed by atoms with Crippen molar-refractivity contribution in [2.75, 3.05) is 0 Å². The molecule has 0 rings (SSSR count). The van der Waals surface area contributed by atoms with E-state index in [2.05, 4.69) is 13.2 Å². The predicted molar refractivity (Wildman–Crippen MR) is 87.7 cm³/mol. The van der Waals surface area contributed by atoms with Gasteiger partial charge < -0.3 is 5.11 Å². The zero-order valence-corrected chi connectivity index (χ0v) is 14.5. The van der Waals surface area contributed by atoms with Gasteiger partial charge in [-0.05, 0) is 50.7 Å². The molecule has 0 aliphatic heterocycles. The highest BCUT2D eigenvalue weighted by molar-refractivity contribution is 5.26. The maximum absolute atomic E-state index is 9.35. The third-order valence-corrected chi connectivity index (χ3v) is 2.92. The lowest BCUT2D eigenvalue weighted by atomic mass is 10.0. The van der Waals surface area contributed by atoms with Crippen LogP contribution in [0, 0.1) is 11.8 Å². The van der Waals surface area contributed by atoms with Gasteiger partial charge in [-0.2, -0.15) is 0 Å². The Kier molecular flexibility index (Phi) is 10.2. The van der Waals surface area contributed by atoms with Crippen LogP contribution >= 0.6 is 0 Å². The van der Waals surface area contributed by atoms with Crippen molar-refractivity contribution >= 4 is 0 Å². The molecule has 0 spiro atoms. The number of hydroxylamine groups is 2. The van der Waals surface area contributed by atoms with Gasteiger partial charge in [0.2, 0.25) is 0 Å². The first-order valence-electron chi connectivity index (χ1n) is 7.15. The van der Waals surface area contributed by atoms with Crippen molar-refractivity contribution < 1.29 is 10.3 Å². The fourth-order valence-corrected chi connectivity index (χ4v) is 1.19. The molecule has 0 aromatic heterocycles. The first-order valence-corrected chi connectivity index (χ1v) is 7.15. The molecule has 0 atom stereocenters. The second-order valence-electron chi connectivity index (χ2n) is 6.11. The molecule has 0 aliphatic rings. The Morgan fingerprint density at radius 3 is 1.40 bits per heavy atom. The molecular formula is C17H33NO2. The van der Waals surface area contributed by atoms with Gasteiger partial charge >= 0.3 is 0 Å². The zero-order chi connectivity index (χ0) is 16.6. The molecule has 0 bridgehead atoms. The third-order valence-electron chi connectivity index (χ3n) is 2.92. The number of rotatable bonds is 5. The van der Waals surface area contributed by atoms with Gasteiger partial charge in [0, 0.05) is 5.70 Å². The van der Waals surface area contributed by atoms with Crippen LogP contribution in [0.25, 0.3) is 0 Å². The highest BCUT2D eigenvalue weighted by Gasteiger charge is 2.10. The van der Waals surface area contributed by atoms with Crippen molar-refractivity contribution in [2.45, 2.75) is 61.4 Å². The standard InChI is InChI=1S/C9H16O.C8H17NO/c2*1-6(2)8(5)9(10)7(3)4/h6,10H,5H2,1-4H3;6-7,10H,5H2,1-4H3. The number of hydrogen-bond donors (Lipinski definition) is 2. The molecule has 0 saturated carbocycles. The summed E-state index contributed by atoms with van der Waals surface area (Å²) in [5.41, 5.74) is 2.52. The normalized spacial score (nSPS) is 10.2. The first-order chi connectivity index (χ1) is 8.93. The van der Waals surface area contributed by atoms with E-state index in [1.807, 2.05) is 55.4 Å². The second-order valence-corrected chi connectivity index (χ2v) is 6.11. The number of aliphatic hydroxyl groups excluding tert-OH is 1. The maximum atomic E-state index is 9.35. The van der Waals surface area contributed by atoms with Crippen LogP contribution in [0.5, 0.6) is 0 Å². The van der Waals surface area contributed by atoms with Crippen molar-refractivity contribution in [2.24, 2.45) is 11.8 Å². The molecule has 0 radical (unpaired) electrons. The molecule has 2 N–H and O–H groups in total. The van der Waals surface area contributed by atoms with E-state index < -0.39 is 0 Å². The SMILES string of the molecule is C=C(C(C)C)N(O)C(C)C.C=C(C(O)=C(C)C)C(C)C. The molecule has 0 saturated heterocycles. The lowest BCUT2D eigenvalue weighted by Gasteiger charge is -2.25. The van der Waals surface area contributed by atoms with Gasteiger partial charge in [-0.25, -0.2) is 0 Å². The van der Waals surface area contributed by atoms with E-state index >= 15 is 0 Å². The Bertz CT molecular complexity index is 348. The summed E-state index contributed by atoms with van der Waals surface area (Å²) >= 11 is 0. The molecule has 0 fully saturated rings. The van der Waals surface area contributed by atoms with Gasteiger partial charge in [-0.1, -0.05) is 40.9 Å². The lowest BCUT2D eigenvalue weighted by molar-refractivity contribution is -0.0888. The fourth-order valence-electron chi connectivity index (χ4n) is 1.19. The van der Waals surface area contributed by atoms with Gasteiger partial charge in [0.05, 0.1) is 6.04 Å². The molecule has 0 unspecified atom stereocenters. The summed E-state index contributed by atoms with van der Waals surface area (Å²) in [7, 11) is 0. The summed E-state index contributed by atoms with van der Waals surface area (Å²) < 4.78 is 0. The monoisotopic (exact) mass is 283 g/mol. The molecule has 0 aromatic carbocycles. The minimum Gasteiger partial charge on any atom is -0.508 e. The predicted octanol–water partition coefficient (Wildman–Crippen LogP) is 5.31. The first kappa shape index (κ1) is 21.1. The number of aliphatic hydroxyl groups is 1. The zero-order valence-electron chi connectivity index (χ0n) is 14.5. The van der Waals surface area contributed by atoms with Gasteiger partial charge in [-0.3, -0.25) is 10.3 Å². The van der Waals surface area contributed by atoms with Gasteiger partial charge in [0.25, 0.3) is 0 Å². The molecule has 0 aromatic rings. The maximum Gasteiger partial charge on any atom is 0.117 e. The minimum atomic E-state index is 0.120. The van der Waals surface area contributed by atoms with Crippen LogP contribution in [-0.4, -0.2) is 21.4 Å². The van der Waals surface area contributed by atoms with Crippen LogP contribution < -0.4 is 0 Å². The molecule has 3 nitrogen and oxygen atoms in total. The summed E-state index contributed by atoms with van der Waals surface area (Å²) in [6.45, 7) is 23.2. The third kappa shape index (κ3) is 8.05. The van der Waals surface area contributed by atoms with E-state index in [1.165, 1.54) is 5.06 Å². The Labute approximate surface area is 125 Å². The van der Waals surface area contributed by atoms with Crippen molar-refractivity contribution in [3.63, 3.8) is 0 Å². The van der Waals surface area contributed by atoms with Crippen LogP contribution in [0.2, 0.25) is 0 Å². The van der Waals surface area contributed by atoms with E-state index in [0.29, 0.717) is 17.6 Å². The Balaban J connectivity index is 0. The quantitative estimate of drug-likeness (QED) is 0.408. The molecule has 20 heavy (non-hydrogen) atoms. The Hall–Kier alpha value is -1.22. The molecule has 118 valence electrons. The Morgan fingerprint density at radius 2 is 1.30 bits per heavy atom. The van der Waals surface area contributed by atoms with Crippen molar-refractivity contribution in [3.8, 4) is 0 Å². The van der Waals surface area contributed by atoms with Crippen LogP contribution in [0.15, 0.2) is 35.8 Å². The van der Waals surface area contributed by atoms with E-state index in [0.717, 1.165) is 16.8 Å². The summed E-state index contributed by atoms with van der Waals surface area (Å²) in [4.78, 5) is 0. The van der Waals surface area contributed by atoms with Crippen LogP contribution in [0.1, 0.15) is 55.4 Å². The van der Waals surface area contributed by atoms with Crippen molar-refractivity contribution in [3.05, 3.63) is 35.8 Å². The molecule has 0 aliphatic carbocycles. The highest BCUT2D eigenvalue weighted by Crippen LogP contribution is 2.17. The number of allylic oxidation sites excluding steroid dienone is 3. The summed E-state index contributed by atoms with van der Waals surface area (Å²) in [6.07, 6.45) is 0. The molecule has 3 heteroatoms. The van der Waals surface area contributed by atoms with Gasteiger partial charge in [-0.15, -0.1) is 0 Å². The summed E-state index contributed by atoms with van der Waals surface area (Å²) in [5, 5.41) is 19.9. The number of nitrogens with zero attached hydrogens (tertiary/aromatic N) is 1. The van der Waals surface area contributed by atoms with Gasteiger partial charge in [0.1, 0.15) is 5.76 Å². The van der Waals surface area contributed by atoms with Crippen LogP contribution in [-0.2, 0) is 0 Å². The van der Waals surface area contributed by atoms with E-state index in [4.69, 9.17) is 0 Å². The van der Waals surface area contributed by atoms with E-state index in [1.54, 1.807) is 0 Å². The average Bonchev–Trinajstić information content (AvgIpc) is 2.35. The summed E-state index contributed by atoms with van der Waals surface area (Å²) in [5.74, 6) is 0.998. The van der Waals surface area contributed by atoms with Crippen LogP contribution in [0.3, 0.4) is 0 Å². The van der Waals surface area contributed by atoms with E-state index in [9.17, 15) is 10.3 Å². The molecule has 0 amide bonds. The highest BCUT2D eigenvalue weighted by atomic mass is 16.5. The van der Waals surface area contributed by atoms with E-state index in [-0.39, 0.29) is 6.04 Å². The smallest absolute Gasteiger partial charge is 0.117 e. The fraction of sp³-hybridized carbons (Fsp3) is 0.647. The summed E-state index contributed by atoms with van der Waals surface area (Å²) in [6, 6.07) is 0.120. The molecule has 0 heterocycles. The van der Waals surface area contributed by atoms with Crippen LogP contribution in [0.4, 0.5) is 0 Å². The number of hydrogen-bond acceptors (Lipinski definition) is 3. The van der Waals surface area contributed by atoms with Crippen molar-refractivity contribution in [1.29, 1.82) is 0 Å². The average molecular weight is 283 g/mol. The van der Waals surface area contributed by atoms with Gasteiger partial charge in [0.15, 0.2) is 0 Å². The molecular weight excluding hydrogens is 250 g/mol. The topological polar surface area (TPSA) is 43.7 Å².